The molecule has 0 bridgehead atoms. The van der Waals surface area contributed by atoms with E-state index in [0.29, 0.717) is 13.0 Å². The first-order valence-electron chi connectivity index (χ1n) is 7.29. The van der Waals surface area contributed by atoms with Crippen molar-refractivity contribution in [1.29, 1.82) is 0 Å². The van der Waals surface area contributed by atoms with Crippen LogP contribution >= 0.6 is 0 Å². The molecular weight excluding hydrogens is 265 g/mol. The average molecular weight is 285 g/mol. The maximum Gasteiger partial charge on any atom is 0.224 e. The summed E-state index contributed by atoms with van der Waals surface area (Å²) in [7, 11) is 0. The zero-order chi connectivity index (χ0) is 14.9. The largest absolute Gasteiger partial charge is 0.356 e. The van der Waals surface area contributed by atoms with Gasteiger partial charge in [-0.3, -0.25) is 4.79 Å². The lowest BCUT2D eigenvalue weighted by Crippen LogP contribution is -2.26. The Morgan fingerprint density at radius 1 is 0.905 bits per heavy atom. The number of carbonyl (C=O) groups is 1. The van der Waals surface area contributed by atoms with E-state index in [1.54, 1.807) is 12.1 Å². The number of nitrogens with one attached hydrogen (secondary N) is 1. The molecule has 0 saturated carbocycles. The Bertz CT molecular complexity index is 551. The Kier molecular flexibility index (Phi) is 5.95. The predicted molar refractivity (Wildman–Crippen MR) is 82.5 cm³/mol. The number of unbranched alkanes of at least 4 members (excludes halogenated alkanes) is 1. The van der Waals surface area contributed by atoms with E-state index < -0.39 is 0 Å². The molecule has 0 aliphatic heterocycles. The molecule has 0 aromatic heterocycles. The molecule has 1 amide bonds. The summed E-state index contributed by atoms with van der Waals surface area (Å²) in [5.74, 6) is -0.290. The summed E-state index contributed by atoms with van der Waals surface area (Å²) in [5, 5.41) is 2.90. The molecule has 110 valence electrons. The van der Waals surface area contributed by atoms with Crippen LogP contribution in [-0.4, -0.2) is 12.5 Å². The number of carbonyl (C=O) groups excluding carboxylic acids is 1. The van der Waals surface area contributed by atoms with Crippen LogP contribution in [0.1, 0.15) is 24.0 Å². The molecule has 0 spiro atoms. The molecule has 0 aliphatic carbocycles. The van der Waals surface area contributed by atoms with Crippen LogP contribution in [0.2, 0.25) is 0 Å². The zero-order valence-electron chi connectivity index (χ0n) is 12.0. The fourth-order valence-electron chi connectivity index (χ4n) is 2.18. The predicted octanol–water partition coefficient (Wildman–Crippen LogP) is 3.51. The van der Waals surface area contributed by atoms with Gasteiger partial charge < -0.3 is 5.32 Å². The number of benzene rings is 2. The fourth-order valence-corrected chi connectivity index (χ4v) is 2.18. The third kappa shape index (κ3) is 5.78. The van der Waals surface area contributed by atoms with Crippen LogP contribution < -0.4 is 5.32 Å². The Hall–Kier alpha value is -2.16. The lowest BCUT2D eigenvalue weighted by Gasteiger charge is -2.05. The van der Waals surface area contributed by atoms with Crippen molar-refractivity contribution in [2.24, 2.45) is 0 Å². The van der Waals surface area contributed by atoms with Gasteiger partial charge in [-0.1, -0.05) is 42.5 Å². The summed E-state index contributed by atoms with van der Waals surface area (Å²) in [4.78, 5) is 11.7. The molecule has 2 rings (SSSR count). The average Bonchev–Trinajstić information content (AvgIpc) is 2.50. The van der Waals surface area contributed by atoms with E-state index in [4.69, 9.17) is 0 Å². The highest BCUT2D eigenvalue weighted by atomic mass is 19.1. The van der Waals surface area contributed by atoms with E-state index in [0.717, 1.165) is 24.8 Å². The quantitative estimate of drug-likeness (QED) is 0.775. The minimum absolute atomic E-state index is 0.0127. The maximum absolute atomic E-state index is 12.8. The van der Waals surface area contributed by atoms with Crippen LogP contribution in [-0.2, 0) is 17.6 Å². The molecule has 21 heavy (non-hydrogen) atoms. The zero-order valence-corrected chi connectivity index (χ0v) is 12.0. The number of hydrogen-bond donors (Lipinski definition) is 1. The summed E-state index contributed by atoms with van der Waals surface area (Å²) in [6.07, 6.45) is 3.36. The second-order valence-corrected chi connectivity index (χ2v) is 5.10. The van der Waals surface area contributed by atoms with Crippen LogP contribution in [0.15, 0.2) is 54.6 Å². The normalized spacial score (nSPS) is 10.3. The molecule has 0 unspecified atom stereocenters. The van der Waals surface area contributed by atoms with Crippen molar-refractivity contribution in [3.63, 3.8) is 0 Å². The van der Waals surface area contributed by atoms with Gasteiger partial charge in [0.2, 0.25) is 5.91 Å². The Morgan fingerprint density at radius 3 is 2.33 bits per heavy atom. The van der Waals surface area contributed by atoms with Gasteiger partial charge in [0.1, 0.15) is 5.82 Å². The first kappa shape index (κ1) is 15.2. The van der Waals surface area contributed by atoms with Crippen molar-refractivity contribution in [3.05, 3.63) is 71.5 Å². The van der Waals surface area contributed by atoms with Gasteiger partial charge in [-0.2, -0.15) is 0 Å². The Balaban J connectivity index is 1.60. The number of halogens is 1. The van der Waals surface area contributed by atoms with Gasteiger partial charge in [-0.15, -0.1) is 0 Å². The molecule has 0 aliphatic rings. The molecule has 0 radical (unpaired) electrons. The van der Waals surface area contributed by atoms with Crippen molar-refractivity contribution in [2.45, 2.75) is 25.7 Å². The van der Waals surface area contributed by atoms with Crippen molar-refractivity contribution < 1.29 is 9.18 Å². The molecule has 2 aromatic carbocycles. The molecule has 0 heterocycles. The molecule has 0 atom stereocenters. The van der Waals surface area contributed by atoms with Gasteiger partial charge in [0.25, 0.3) is 0 Å². The van der Waals surface area contributed by atoms with Gasteiger partial charge in [0.05, 0.1) is 6.42 Å². The van der Waals surface area contributed by atoms with Gasteiger partial charge in [-0.25, -0.2) is 4.39 Å². The summed E-state index contributed by atoms with van der Waals surface area (Å²) < 4.78 is 12.8. The highest BCUT2D eigenvalue weighted by molar-refractivity contribution is 5.78. The van der Waals surface area contributed by atoms with Crippen LogP contribution in [0, 0.1) is 5.82 Å². The molecule has 1 N–H and O–H groups in total. The minimum atomic E-state index is -0.278. The van der Waals surface area contributed by atoms with Crippen LogP contribution in [0.5, 0.6) is 0 Å². The summed E-state index contributed by atoms with van der Waals surface area (Å²) >= 11 is 0. The molecule has 0 saturated heterocycles. The number of hydrogen-bond acceptors (Lipinski definition) is 1. The summed E-state index contributed by atoms with van der Waals surface area (Å²) in [6, 6.07) is 16.4. The van der Waals surface area contributed by atoms with Crippen LogP contribution in [0.4, 0.5) is 4.39 Å². The lowest BCUT2D eigenvalue weighted by atomic mass is 10.1. The van der Waals surface area contributed by atoms with E-state index in [9.17, 15) is 9.18 Å². The molecular formula is C18H20FNO. The topological polar surface area (TPSA) is 29.1 Å². The van der Waals surface area contributed by atoms with Crippen LogP contribution in [0.3, 0.4) is 0 Å². The van der Waals surface area contributed by atoms with E-state index in [1.165, 1.54) is 17.7 Å². The summed E-state index contributed by atoms with van der Waals surface area (Å²) in [6.45, 7) is 0.687. The highest BCUT2D eigenvalue weighted by Crippen LogP contribution is 2.05. The number of aryl methyl sites for hydroxylation is 1. The SMILES string of the molecule is O=C(Cc1ccc(F)cc1)NCCCCc1ccccc1. The highest BCUT2D eigenvalue weighted by Gasteiger charge is 2.02. The number of amides is 1. The Labute approximate surface area is 125 Å². The second kappa shape index (κ2) is 8.20. The van der Waals surface area contributed by atoms with Crippen molar-refractivity contribution in [2.75, 3.05) is 6.54 Å². The summed E-state index contributed by atoms with van der Waals surface area (Å²) in [5.41, 5.74) is 2.16. The van der Waals surface area contributed by atoms with Crippen molar-refractivity contribution in [3.8, 4) is 0 Å². The van der Waals surface area contributed by atoms with E-state index in [-0.39, 0.29) is 11.7 Å². The van der Waals surface area contributed by atoms with E-state index in [2.05, 4.69) is 17.4 Å². The third-order valence-corrected chi connectivity index (χ3v) is 3.34. The van der Waals surface area contributed by atoms with Crippen LogP contribution in [0.25, 0.3) is 0 Å². The fraction of sp³-hybridized carbons (Fsp3) is 0.278. The lowest BCUT2D eigenvalue weighted by molar-refractivity contribution is -0.120. The maximum atomic E-state index is 12.8. The van der Waals surface area contributed by atoms with Gasteiger partial charge in [-0.05, 0) is 42.5 Å². The Morgan fingerprint density at radius 2 is 1.62 bits per heavy atom. The molecule has 2 aromatic rings. The van der Waals surface area contributed by atoms with Gasteiger partial charge in [0.15, 0.2) is 0 Å². The first-order chi connectivity index (χ1) is 10.2. The second-order valence-electron chi connectivity index (χ2n) is 5.10. The first-order valence-corrected chi connectivity index (χ1v) is 7.29. The van der Waals surface area contributed by atoms with Gasteiger partial charge >= 0.3 is 0 Å². The monoisotopic (exact) mass is 285 g/mol. The standard InChI is InChI=1S/C18H20FNO/c19-17-11-9-16(10-12-17)14-18(21)20-13-5-4-8-15-6-2-1-3-7-15/h1-3,6-7,9-12H,4-5,8,13-14H2,(H,20,21). The molecule has 3 heteroatoms. The minimum Gasteiger partial charge on any atom is -0.356 e. The van der Waals surface area contributed by atoms with E-state index >= 15 is 0 Å². The number of rotatable bonds is 7. The van der Waals surface area contributed by atoms with Crippen molar-refractivity contribution in [1.82, 2.24) is 5.32 Å². The molecule has 2 nitrogen and oxygen atoms in total. The van der Waals surface area contributed by atoms with Crippen molar-refractivity contribution >= 4 is 5.91 Å². The molecule has 0 fully saturated rings. The third-order valence-electron chi connectivity index (χ3n) is 3.34. The van der Waals surface area contributed by atoms with Gasteiger partial charge in [0, 0.05) is 6.54 Å². The van der Waals surface area contributed by atoms with E-state index in [1.807, 2.05) is 18.2 Å². The smallest absolute Gasteiger partial charge is 0.224 e.